The average Bonchev–Trinajstić information content (AvgIpc) is 2.77. The molecule has 0 aliphatic carbocycles. The smallest absolute Gasteiger partial charge is 0.137 e. The predicted molar refractivity (Wildman–Crippen MR) is 90.9 cm³/mol. The van der Waals surface area contributed by atoms with Crippen LogP contribution in [0.15, 0.2) is 42.6 Å². The van der Waals surface area contributed by atoms with Crippen LogP contribution in [0.3, 0.4) is 0 Å². The number of hydrogen-bond acceptors (Lipinski definition) is 2. The van der Waals surface area contributed by atoms with E-state index in [0.717, 1.165) is 22.6 Å². The van der Waals surface area contributed by atoms with Crippen molar-refractivity contribution in [1.29, 1.82) is 0 Å². The summed E-state index contributed by atoms with van der Waals surface area (Å²) in [7, 11) is 0. The number of halogens is 1. The van der Waals surface area contributed by atoms with Crippen molar-refractivity contribution in [1.82, 2.24) is 9.38 Å². The first-order valence-corrected chi connectivity index (χ1v) is 7.35. The number of rotatable bonds is 3. The van der Waals surface area contributed by atoms with Crippen LogP contribution >= 0.6 is 23.8 Å². The zero-order valence-corrected chi connectivity index (χ0v) is 13.1. The third kappa shape index (κ3) is 2.77. The first kappa shape index (κ1) is 14.0. The van der Waals surface area contributed by atoms with E-state index >= 15 is 0 Å². The Labute approximate surface area is 133 Å². The van der Waals surface area contributed by atoms with Crippen molar-refractivity contribution in [3.05, 3.63) is 58.9 Å². The maximum atomic E-state index is 6.09. The summed E-state index contributed by atoms with van der Waals surface area (Å²) in [5.41, 5.74) is 10.7. The highest BCUT2D eigenvalue weighted by molar-refractivity contribution is 7.80. The molecule has 0 aliphatic rings. The summed E-state index contributed by atoms with van der Waals surface area (Å²) in [4.78, 5) is 5.13. The molecule has 3 aromatic rings. The molecule has 0 unspecified atom stereocenters. The summed E-state index contributed by atoms with van der Waals surface area (Å²) >= 11 is 11.2. The molecule has 5 heteroatoms. The zero-order valence-electron chi connectivity index (χ0n) is 11.5. The fourth-order valence-corrected chi connectivity index (χ4v) is 2.64. The number of imidazole rings is 1. The highest BCUT2D eigenvalue weighted by Crippen LogP contribution is 2.26. The molecule has 0 radical (unpaired) electrons. The Morgan fingerprint density at radius 3 is 2.62 bits per heavy atom. The maximum Gasteiger partial charge on any atom is 0.137 e. The Morgan fingerprint density at radius 1 is 1.24 bits per heavy atom. The van der Waals surface area contributed by atoms with Crippen LogP contribution in [0.25, 0.3) is 16.9 Å². The number of aromatic nitrogens is 2. The van der Waals surface area contributed by atoms with Gasteiger partial charge in [0.05, 0.1) is 21.4 Å². The number of thiocarbonyl (C=S) groups is 1. The highest BCUT2D eigenvalue weighted by Gasteiger charge is 2.15. The second-order valence-corrected chi connectivity index (χ2v) is 5.95. The van der Waals surface area contributed by atoms with E-state index in [9.17, 15) is 0 Å². The van der Waals surface area contributed by atoms with Gasteiger partial charge in [-0.25, -0.2) is 4.98 Å². The minimum Gasteiger partial charge on any atom is -0.393 e. The SMILES string of the molecule is Cc1ccc(-c2nc3ccc(Cl)cn3c2CC(N)=S)cc1. The van der Waals surface area contributed by atoms with Crippen molar-refractivity contribution >= 4 is 34.5 Å². The third-order valence-corrected chi connectivity index (χ3v) is 3.72. The van der Waals surface area contributed by atoms with Crippen LogP contribution in [0.2, 0.25) is 5.02 Å². The van der Waals surface area contributed by atoms with E-state index in [4.69, 9.17) is 34.5 Å². The molecular weight excluding hydrogens is 302 g/mol. The molecule has 2 heterocycles. The minimum absolute atomic E-state index is 0.435. The van der Waals surface area contributed by atoms with E-state index in [1.807, 2.05) is 22.7 Å². The average molecular weight is 316 g/mol. The molecule has 106 valence electrons. The van der Waals surface area contributed by atoms with Gasteiger partial charge >= 0.3 is 0 Å². The second-order valence-electron chi connectivity index (χ2n) is 4.99. The van der Waals surface area contributed by atoms with Crippen LogP contribution in [0, 0.1) is 6.92 Å². The molecule has 0 spiro atoms. The highest BCUT2D eigenvalue weighted by atomic mass is 35.5. The third-order valence-electron chi connectivity index (χ3n) is 3.35. The quantitative estimate of drug-likeness (QED) is 0.748. The molecule has 0 saturated heterocycles. The van der Waals surface area contributed by atoms with Gasteiger partial charge in [0, 0.05) is 18.2 Å². The largest absolute Gasteiger partial charge is 0.393 e. The standard InChI is InChI=1S/C16H14ClN3S/c1-10-2-4-11(5-3-10)16-13(8-14(18)21)20-9-12(17)6-7-15(20)19-16/h2-7,9H,8H2,1H3,(H2,18,21). The van der Waals surface area contributed by atoms with Crippen molar-refractivity contribution in [2.24, 2.45) is 5.73 Å². The molecule has 2 N–H and O–H groups in total. The number of hydrogen-bond donors (Lipinski definition) is 1. The van der Waals surface area contributed by atoms with E-state index in [-0.39, 0.29) is 0 Å². The Bertz CT molecular complexity index is 821. The Kier molecular flexibility index (Phi) is 3.66. The van der Waals surface area contributed by atoms with Crippen LogP contribution in [-0.4, -0.2) is 14.4 Å². The van der Waals surface area contributed by atoms with Gasteiger partial charge in [-0.3, -0.25) is 0 Å². The van der Waals surface area contributed by atoms with Crippen LogP contribution in [0.5, 0.6) is 0 Å². The summed E-state index contributed by atoms with van der Waals surface area (Å²) in [6.45, 7) is 2.06. The van der Waals surface area contributed by atoms with E-state index in [0.29, 0.717) is 16.4 Å². The van der Waals surface area contributed by atoms with Crippen molar-refractivity contribution in [2.75, 3.05) is 0 Å². The number of nitrogens with two attached hydrogens (primary N) is 1. The van der Waals surface area contributed by atoms with Crippen molar-refractivity contribution in [3.8, 4) is 11.3 Å². The van der Waals surface area contributed by atoms with E-state index in [2.05, 4.69) is 31.2 Å². The minimum atomic E-state index is 0.435. The van der Waals surface area contributed by atoms with Gasteiger partial charge in [0.2, 0.25) is 0 Å². The summed E-state index contributed by atoms with van der Waals surface area (Å²) in [5.74, 6) is 0. The summed E-state index contributed by atoms with van der Waals surface area (Å²) in [5, 5.41) is 0.652. The number of pyridine rings is 1. The maximum absolute atomic E-state index is 6.09. The van der Waals surface area contributed by atoms with Gasteiger partial charge in [0.25, 0.3) is 0 Å². The fourth-order valence-electron chi connectivity index (χ4n) is 2.34. The number of fused-ring (bicyclic) bond motifs is 1. The molecule has 1 aromatic carbocycles. The molecule has 0 atom stereocenters. The van der Waals surface area contributed by atoms with E-state index in [1.54, 1.807) is 0 Å². The molecule has 0 bridgehead atoms. The zero-order chi connectivity index (χ0) is 15.0. The van der Waals surface area contributed by atoms with Crippen LogP contribution in [-0.2, 0) is 6.42 Å². The van der Waals surface area contributed by atoms with Crippen molar-refractivity contribution in [2.45, 2.75) is 13.3 Å². The molecule has 0 amide bonds. The van der Waals surface area contributed by atoms with Gasteiger partial charge in [-0.1, -0.05) is 53.6 Å². The lowest BCUT2D eigenvalue weighted by Crippen LogP contribution is -2.13. The first-order chi connectivity index (χ1) is 10.0. The van der Waals surface area contributed by atoms with Gasteiger partial charge in [0.15, 0.2) is 0 Å². The summed E-state index contributed by atoms with van der Waals surface area (Å²) in [6.07, 6.45) is 2.33. The molecule has 0 fully saturated rings. The Hall–Kier alpha value is -1.91. The molecule has 3 nitrogen and oxygen atoms in total. The normalized spacial score (nSPS) is 11.0. The molecule has 0 aliphatic heterocycles. The first-order valence-electron chi connectivity index (χ1n) is 6.56. The molecule has 2 aromatic heterocycles. The molecule has 0 saturated carbocycles. The van der Waals surface area contributed by atoms with Gasteiger partial charge in [-0.2, -0.15) is 0 Å². The lowest BCUT2D eigenvalue weighted by Gasteiger charge is -2.05. The van der Waals surface area contributed by atoms with Gasteiger partial charge in [-0.05, 0) is 19.1 Å². The van der Waals surface area contributed by atoms with Crippen LogP contribution < -0.4 is 5.73 Å². The number of aryl methyl sites for hydroxylation is 1. The lowest BCUT2D eigenvalue weighted by atomic mass is 10.1. The summed E-state index contributed by atoms with van der Waals surface area (Å²) in [6, 6.07) is 12.0. The second kappa shape index (κ2) is 5.47. The van der Waals surface area contributed by atoms with Gasteiger partial charge in [0.1, 0.15) is 5.65 Å². The number of nitrogens with zero attached hydrogens (tertiary/aromatic N) is 2. The summed E-state index contributed by atoms with van der Waals surface area (Å²) < 4.78 is 1.96. The van der Waals surface area contributed by atoms with E-state index in [1.165, 1.54) is 5.56 Å². The van der Waals surface area contributed by atoms with Crippen molar-refractivity contribution < 1.29 is 0 Å². The van der Waals surface area contributed by atoms with Gasteiger partial charge < -0.3 is 10.1 Å². The van der Waals surface area contributed by atoms with Crippen LogP contribution in [0.4, 0.5) is 0 Å². The molecule has 21 heavy (non-hydrogen) atoms. The molecular formula is C16H14ClN3S. The monoisotopic (exact) mass is 315 g/mol. The molecule has 3 rings (SSSR count). The van der Waals surface area contributed by atoms with Crippen LogP contribution in [0.1, 0.15) is 11.3 Å². The Morgan fingerprint density at radius 2 is 1.95 bits per heavy atom. The topological polar surface area (TPSA) is 43.3 Å². The van der Waals surface area contributed by atoms with E-state index < -0.39 is 0 Å². The van der Waals surface area contributed by atoms with Gasteiger partial charge in [-0.15, -0.1) is 0 Å². The fraction of sp³-hybridized carbons (Fsp3) is 0.125. The van der Waals surface area contributed by atoms with Crippen molar-refractivity contribution in [3.63, 3.8) is 0 Å². The number of benzene rings is 1. The predicted octanol–water partition coefficient (Wildman–Crippen LogP) is 3.79. The Balaban J connectivity index is 2.25. The lowest BCUT2D eigenvalue weighted by molar-refractivity contribution is 1.07.